The zero-order chi connectivity index (χ0) is 17.8. The molecule has 2 amide bonds. The van der Waals surface area contributed by atoms with Crippen molar-refractivity contribution >= 4 is 23.3 Å². The number of nitrogens with zero attached hydrogens (tertiary/aromatic N) is 3. The second-order valence-corrected chi connectivity index (χ2v) is 6.15. The molecular weight excluding hydrogens is 336 g/mol. The molecule has 1 atom stereocenters. The summed E-state index contributed by atoms with van der Waals surface area (Å²) in [5.74, 6) is 0. The van der Waals surface area contributed by atoms with E-state index in [1.165, 1.54) is 0 Å². The van der Waals surface area contributed by atoms with Crippen LogP contribution in [0.2, 0.25) is 5.02 Å². The van der Waals surface area contributed by atoms with Gasteiger partial charge >= 0.3 is 6.03 Å². The molecule has 0 bridgehead atoms. The zero-order valence-corrected chi connectivity index (χ0v) is 14.8. The molecule has 1 N–H and O–H groups in total. The highest BCUT2D eigenvalue weighted by atomic mass is 35.5. The van der Waals surface area contributed by atoms with Crippen molar-refractivity contribution in [1.29, 1.82) is 0 Å². The third-order valence-electron chi connectivity index (χ3n) is 4.12. The van der Waals surface area contributed by atoms with Gasteiger partial charge in [-0.25, -0.2) is 9.48 Å². The first-order chi connectivity index (χ1) is 12.1. The minimum atomic E-state index is -0.204. The van der Waals surface area contributed by atoms with E-state index >= 15 is 0 Å². The molecular formula is C19H19ClN4O. The predicted molar refractivity (Wildman–Crippen MR) is 100 cm³/mol. The Kier molecular flexibility index (Phi) is 5.05. The topological polar surface area (TPSA) is 50.2 Å². The smallest absolute Gasteiger partial charge is 0.321 e. The fourth-order valence-electron chi connectivity index (χ4n) is 2.56. The number of halogens is 1. The van der Waals surface area contributed by atoms with Gasteiger partial charge in [-0.1, -0.05) is 35.9 Å². The van der Waals surface area contributed by atoms with Crippen molar-refractivity contribution in [2.75, 3.05) is 12.4 Å². The quantitative estimate of drug-likeness (QED) is 0.735. The number of benzene rings is 2. The van der Waals surface area contributed by atoms with Gasteiger partial charge in [0.1, 0.15) is 0 Å². The summed E-state index contributed by atoms with van der Waals surface area (Å²) < 4.78 is 1.74. The predicted octanol–water partition coefficient (Wildman–Crippen LogP) is 4.75. The molecule has 3 aromatic rings. The molecule has 0 aliphatic carbocycles. The Labute approximate surface area is 151 Å². The molecule has 6 heteroatoms. The number of anilines is 1. The van der Waals surface area contributed by atoms with Gasteiger partial charge in [0.05, 0.1) is 11.7 Å². The lowest BCUT2D eigenvalue weighted by molar-refractivity contribution is 0.208. The summed E-state index contributed by atoms with van der Waals surface area (Å²) in [4.78, 5) is 14.2. The number of rotatable bonds is 4. The van der Waals surface area contributed by atoms with Crippen LogP contribution in [0, 0.1) is 0 Å². The van der Waals surface area contributed by atoms with Gasteiger partial charge in [0.25, 0.3) is 0 Å². The van der Waals surface area contributed by atoms with Crippen LogP contribution in [-0.4, -0.2) is 27.8 Å². The maximum atomic E-state index is 12.6. The second kappa shape index (κ2) is 7.40. The first-order valence-electron chi connectivity index (χ1n) is 7.94. The Bertz CT molecular complexity index is 863. The average molecular weight is 355 g/mol. The SMILES string of the molecule is CC(c1ccccc1Cl)N(C)C(=O)Nc1cccc(-n2cccn2)c1. The lowest BCUT2D eigenvalue weighted by atomic mass is 10.1. The van der Waals surface area contributed by atoms with Crippen molar-refractivity contribution in [3.8, 4) is 5.69 Å². The van der Waals surface area contributed by atoms with E-state index < -0.39 is 0 Å². The van der Waals surface area contributed by atoms with Gasteiger partial charge in [-0.15, -0.1) is 0 Å². The highest BCUT2D eigenvalue weighted by Gasteiger charge is 2.19. The highest BCUT2D eigenvalue weighted by molar-refractivity contribution is 6.31. The third-order valence-corrected chi connectivity index (χ3v) is 4.47. The van der Waals surface area contributed by atoms with E-state index in [2.05, 4.69) is 10.4 Å². The number of amides is 2. The molecule has 0 fully saturated rings. The van der Waals surface area contributed by atoms with E-state index in [-0.39, 0.29) is 12.1 Å². The van der Waals surface area contributed by atoms with E-state index in [0.29, 0.717) is 10.7 Å². The van der Waals surface area contributed by atoms with Crippen molar-refractivity contribution < 1.29 is 4.79 Å². The maximum absolute atomic E-state index is 12.6. The van der Waals surface area contributed by atoms with Crippen LogP contribution in [0.25, 0.3) is 5.69 Å². The molecule has 1 aromatic heterocycles. The lowest BCUT2D eigenvalue weighted by Gasteiger charge is -2.26. The number of hydrogen-bond donors (Lipinski definition) is 1. The molecule has 2 aromatic carbocycles. The summed E-state index contributed by atoms with van der Waals surface area (Å²) >= 11 is 6.24. The van der Waals surface area contributed by atoms with Gasteiger partial charge in [-0.05, 0) is 42.8 Å². The third kappa shape index (κ3) is 3.83. The van der Waals surface area contributed by atoms with Crippen LogP contribution in [0.15, 0.2) is 67.0 Å². The molecule has 0 spiro atoms. The number of carbonyl (C=O) groups is 1. The fourth-order valence-corrected chi connectivity index (χ4v) is 2.85. The first-order valence-corrected chi connectivity index (χ1v) is 8.32. The summed E-state index contributed by atoms with van der Waals surface area (Å²) in [6.45, 7) is 1.95. The fraction of sp³-hybridized carbons (Fsp3) is 0.158. The molecule has 0 aliphatic rings. The molecule has 25 heavy (non-hydrogen) atoms. The van der Waals surface area contributed by atoms with Gasteiger partial charge < -0.3 is 10.2 Å². The summed E-state index contributed by atoms with van der Waals surface area (Å²) in [6, 6.07) is 16.6. The lowest BCUT2D eigenvalue weighted by Crippen LogP contribution is -2.33. The molecule has 1 unspecified atom stereocenters. The Morgan fingerprint density at radius 2 is 2.00 bits per heavy atom. The van der Waals surface area contributed by atoms with E-state index in [0.717, 1.165) is 11.3 Å². The number of hydrogen-bond acceptors (Lipinski definition) is 2. The molecule has 3 rings (SSSR count). The van der Waals surface area contributed by atoms with Gasteiger partial charge in [-0.2, -0.15) is 5.10 Å². The minimum Gasteiger partial charge on any atom is -0.321 e. The monoisotopic (exact) mass is 354 g/mol. The van der Waals surface area contributed by atoms with Crippen LogP contribution in [0.1, 0.15) is 18.5 Å². The second-order valence-electron chi connectivity index (χ2n) is 5.74. The zero-order valence-electron chi connectivity index (χ0n) is 14.1. The summed E-state index contributed by atoms with van der Waals surface area (Å²) in [5.41, 5.74) is 2.49. The van der Waals surface area contributed by atoms with Crippen LogP contribution in [-0.2, 0) is 0 Å². The summed E-state index contributed by atoms with van der Waals surface area (Å²) in [6.07, 6.45) is 3.57. The first kappa shape index (κ1) is 17.0. The van der Waals surface area contributed by atoms with E-state index in [4.69, 9.17) is 11.6 Å². The van der Waals surface area contributed by atoms with Crippen molar-refractivity contribution in [3.05, 3.63) is 77.6 Å². The van der Waals surface area contributed by atoms with Gasteiger partial charge in [0.15, 0.2) is 0 Å². The van der Waals surface area contributed by atoms with Gasteiger partial charge in [0, 0.05) is 30.2 Å². The molecule has 0 aliphatic heterocycles. The molecule has 0 saturated carbocycles. The Balaban J connectivity index is 1.74. The standard InChI is InChI=1S/C19H19ClN4O/c1-14(17-9-3-4-10-18(17)20)23(2)19(25)22-15-7-5-8-16(13-15)24-12-6-11-21-24/h3-14H,1-2H3,(H,22,25). The van der Waals surface area contributed by atoms with Crippen molar-refractivity contribution in [2.45, 2.75) is 13.0 Å². The minimum absolute atomic E-state index is 0.150. The van der Waals surface area contributed by atoms with Gasteiger partial charge in [-0.3, -0.25) is 0 Å². The van der Waals surface area contributed by atoms with Crippen LogP contribution in [0.4, 0.5) is 10.5 Å². The highest BCUT2D eigenvalue weighted by Crippen LogP contribution is 2.26. The normalized spacial score (nSPS) is 11.8. The van der Waals surface area contributed by atoms with Crippen LogP contribution >= 0.6 is 11.6 Å². The van der Waals surface area contributed by atoms with Gasteiger partial charge in [0.2, 0.25) is 0 Å². The Hall–Kier alpha value is -2.79. The largest absolute Gasteiger partial charge is 0.322 e. The molecule has 128 valence electrons. The van der Waals surface area contributed by atoms with Crippen LogP contribution < -0.4 is 5.32 Å². The van der Waals surface area contributed by atoms with Crippen LogP contribution in [0.5, 0.6) is 0 Å². The number of aromatic nitrogens is 2. The number of nitrogens with one attached hydrogen (secondary N) is 1. The molecule has 1 heterocycles. The van der Waals surface area contributed by atoms with Crippen LogP contribution in [0.3, 0.4) is 0 Å². The van der Waals surface area contributed by atoms with E-state index in [1.807, 2.05) is 67.7 Å². The molecule has 0 radical (unpaired) electrons. The Morgan fingerprint density at radius 1 is 1.20 bits per heavy atom. The number of urea groups is 1. The average Bonchev–Trinajstić information content (AvgIpc) is 3.16. The Morgan fingerprint density at radius 3 is 2.72 bits per heavy atom. The van der Waals surface area contributed by atoms with Crippen molar-refractivity contribution in [3.63, 3.8) is 0 Å². The number of carbonyl (C=O) groups excluding carboxylic acids is 1. The van der Waals surface area contributed by atoms with Crippen molar-refractivity contribution in [1.82, 2.24) is 14.7 Å². The maximum Gasteiger partial charge on any atom is 0.322 e. The van der Waals surface area contributed by atoms with Crippen molar-refractivity contribution in [2.24, 2.45) is 0 Å². The molecule has 0 saturated heterocycles. The molecule has 5 nitrogen and oxygen atoms in total. The summed E-state index contributed by atoms with van der Waals surface area (Å²) in [5, 5.41) is 7.76. The van der Waals surface area contributed by atoms with E-state index in [1.54, 1.807) is 22.8 Å². The van der Waals surface area contributed by atoms with E-state index in [9.17, 15) is 4.79 Å². The summed E-state index contributed by atoms with van der Waals surface area (Å²) in [7, 11) is 1.75.